The maximum atomic E-state index is 12.9. The third-order valence-electron chi connectivity index (χ3n) is 4.09. The number of rotatable bonds is 8. The van der Waals surface area contributed by atoms with E-state index in [1.807, 2.05) is 35.2 Å². The van der Waals surface area contributed by atoms with Crippen molar-refractivity contribution in [2.75, 3.05) is 18.6 Å². The smallest absolute Gasteiger partial charge is 0.242 e. The molecule has 4 nitrogen and oxygen atoms in total. The first-order valence-electron chi connectivity index (χ1n) is 8.65. The Bertz CT molecular complexity index is 643. The molecule has 136 valence electrons. The van der Waals surface area contributed by atoms with E-state index in [0.29, 0.717) is 6.54 Å². The molecule has 0 aliphatic rings. The second-order valence-corrected chi connectivity index (χ2v) is 7.65. The minimum absolute atomic E-state index is 0.150. The van der Waals surface area contributed by atoms with E-state index in [0.717, 1.165) is 18.0 Å². The number of benzene rings is 1. The highest BCUT2D eigenvalue weighted by Crippen LogP contribution is 2.23. The van der Waals surface area contributed by atoms with E-state index in [1.54, 1.807) is 18.4 Å². The molecule has 0 atom stereocenters. The summed E-state index contributed by atoms with van der Waals surface area (Å²) in [5.74, 6) is 0.967. The molecule has 1 amide bonds. The SMILES string of the molecule is COc1ccc(N(CC(=O)N(C(C)C)C(C)C)Cc2cccs2)cc1. The lowest BCUT2D eigenvalue weighted by molar-refractivity contribution is -0.133. The van der Waals surface area contributed by atoms with Crippen molar-refractivity contribution >= 4 is 22.9 Å². The molecule has 25 heavy (non-hydrogen) atoms. The fraction of sp³-hybridized carbons (Fsp3) is 0.450. The van der Waals surface area contributed by atoms with Crippen molar-refractivity contribution in [3.05, 3.63) is 46.7 Å². The minimum atomic E-state index is 0.150. The van der Waals surface area contributed by atoms with Gasteiger partial charge in [-0.2, -0.15) is 0 Å². The van der Waals surface area contributed by atoms with Crippen molar-refractivity contribution in [1.29, 1.82) is 0 Å². The van der Waals surface area contributed by atoms with Gasteiger partial charge in [0.1, 0.15) is 5.75 Å². The van der Waals surface area contributed by atoms with E-state index in [4.69, 9.17) is 4.74 Å². The molecule has 0 aliphatic carbocycles. The molecular formula is C20H28N2O2S. The summed E-state index contributed by atoms with van der Waals surface area (Å²) in [6.07, 6.45) is 0. The Labute approximate surface area is 155 Å². The van der Waals surface area contributed by atoms with Crippen molar-refractivity contribution in [3.8, 4) is 5.75 Å². The molecule has 2 aromatic rings. The van der Waals surface area contributed by atoms with Crippen LogP contribution in [-0.4, -0.2) is 36.5 Å². The molecule has 1 aromatic heterocycles. The molecule has 0 N–H and O–H groups in total. The summed E-state index contributed by atoms with van der Waals surface area (Å²) in [6.45, 7) is 9.34. The number of ether oxygens (including phenoxy) is 1. The van der Waals surface area contributed by atoms with Crippen molar-refractivity contribution in [2.24, 2.45) is 0 Å². The Morgan fingerprint density at radius 2 is 1.72 bits per heavy atom. The van der Waals surface area contributed by atoms with Crippen LogP contribution in [0, 0.1) is 0 Å². The highest BCUT2D eigenvalue weighted by atomic mass is 32.1. The molecule has 0 unspecified atom stereocenters. The standard InChI is InChI=1S/C20H28N2O2S/c1-15(2)22(16(3)4)20(23)14-21(13-19-7-6-12-25-19)17-8-10-18(24-5)11-9-17/h6-12,15-16H,13-14H2,1-5H3. The molecule has 0 bridgehead atoms. The van der Waals surface area contributed by atoms with E-state index in [-0.39, 0.29) is 18.0 Å². The molecule has 0 aliphatic heterocycles. The average Bonchev–Trinajstić information content (AvgIpc) is 3.06. The van der Waals surface area contributed by atoms with Gasteiger partial charge in [0.25, 0.3) is 0 Å². The van der Waals surface area contributed by atoms with Crippen molar-refractivity contribution in [3.63, 3.8) is 0 Å². The third-order valence-corrected chi connectivity index (χ3v) is 4.95. The number of nitrogens with zero attached hydrogens (tertiary/aromatic N) is 2. The van der Waals surface area contributed by atoms with Gasteiger partial charge in [0, 0.05) is 22.6 Å². The van der Waals surface area contributed by atoms with E-state index in [2.05, 4.69) is 44.0 Å². The van der Waals surface area contributed by atoms with Gasteiger partial charge in [-0.25, -0.2) is 0 Å². The summed E-state index contributed by atoms with van der Waals surface area (Å²) in [5, 5.41) is 2.07. The number of methoxy groups -OCH3 is 1. The van der Waals surface area contributed by atoms with E-state index >= 15 is 0 Å². The van der Waals surface area contributed by atoms with Gasteiger partial charge in [0.15, 0.2) is 0 Å². The molecule has 0 radical (unpaired) electrons. The van der Waals surface area contributed by atoms with Gasteiger partial charge < -0.3 is 14.5 Å². The summed E-state index contributed by atoms with van der Waals surface area (Å²) in [6, 6.07) is 12.4. The highest BCUT2D eigenvalue weighted by molar-refractivity contribution is 7.09. The Balaban J connectivity index is 2.22. The summed E-state index contributed by atoms with van der Waals surface area (Å²) in [5.41, 5.74) is 1.02. The molecule has 1 aromatic carbocycles. The van der Waals surface area contributed by atoms with E-state index in [1.165, 1.54) is 4.88 Å². The quantitative estimate of drug-likeness (QED) is 0.699. The number of hydrogen-bond acceptors (Lipinski definition) is 4. The predicted molar refractivity (Wildman–Crippen MR) is 105 cm³/mol. The molecule has 5 heteroatoms. The fourth-order valence-corrected chi connectivity index (χ4v) is 3.76. The van der Waals surface area contributed by atoms with E-state index < -0.39 is 0 Å². The molecule has 0 saturated heterocycles. The van der Waals surface area contributed by atoms with Crippen molar-refractivity contribution in [2.45, 2.75) is 46.3 Å². The van der Waals surface area contributed by atoms with Crippen LogP contribution < -0.4 is 9.64 Å². The number of carbonyl (C=O) groups is 1. The van der Waals surface area contributed by atoms with Gasteiger partial charge in [-0.05, 0) is 63.4 Å². The van der Waals surface area contributed by atoms with Gasteiger partial charge in [-0.15, -0.1) is 11.3 Å². The third kappa shape index (κ3) is 5.23. The molecule has 0 fully saturated rings. The summed E-state index contributed by atoms with van der Waals surface area (Å²) in [7, 11) is 1.66. The van der Waals surface area contributed by atoms with Crippen LogP contribution in [0.15, 0.2) is 41.8 Å². The maximum Gasteiger partial charge on any atom is 0.242 e. The number of anilines is 1. The molecule has 2 rings (SSSR count). The lowest BCUT2D eigenvalue weighted by Gasteiger charge is -2.34. The second-order valence-electron chi connectivity index (χ2n) is 6.62. The molecular weight excluding hydrogens is 332 g/mol. The van der Waals surface area contributed by atoms with Crippen LogP contribution in [0.5, 0.6) is 5.75 Å². The first-order valence-corrected chi connectivity index (χ1v) is 9.53. The average molecular weight is 361 g/mol. The van der Waals surface area contributed by atoms with E-state index in [9.17, 15) is 4.79 Å². The molecule has 0 spiro atoms. The molecule has 1 heterocycles. The van der Waals surface area contributed by atoms with Gasteiger partial charge in [0.2, 0.25) is 5.91 Å². The van der Waals surface area contributed by atoms with Gasteiger partial charge in [-0.3, -0.25) is 4.79 Å². The highest BCUT2D eigenvalue weighted by Gasteiger charge is 2.23. The second kappa shape index (κ2) is 8.90. The number of thiophene rings is 1. The van der Waals surface area contributed by atoms with Gasteiger partial charge in [0.05, 0.1) is 20.2 Å². The van der Waals surface area contributed by atoms with Crippen LogP contribution in [0.25, 0.3) is 0 Å². The summed E-state index contributed by atoms with van der Waals surface area (Å²) in [4.78, 5) is 18.2. The monoisotopic (exact) mass is 360 g/mol. The van der Waals surface area contributed by atoms with Crippen LogP contribution >= 0.6 is 11.3 Å². The topological polar surface area (TPSA) is 32.8 Å². The van der Waals surface area contributed by atoms with Crippen LogP contribution in [0.3, 0.4) is 0 Å². The molecule has 0 saturated carbocycles. The van der Waals surface area contributed by atoms with Gasteiger partial charge >= 0.3 is 0 Å². The fourth-order valence-electron chi connectivity index (χ4n) is 3.04. The zero-order valence-corrected chi connectivity index (χ0v) is 16.5. The summed E-state index contributed by atoms with van der Waals surface area (Å²) < 4.78 is 5.25. The number of hydrogen-bond donors (Lipinski definition) is 0. The first-order chi connectivity index (χ1) is 11.9. The predicted octanol–water partition coefficient (Wildman–Crippen LogP) is 4.41. The Hall–Kier alpha value is -2.01. The lowest BCUT2D eigenvalue weighted by atomic mass is 10.2. The zero-order valence-electron chi connectivity index (χ0n) is 15.7. The largest absolute Gasteiger partial charge is 0.497 e. The Kier molecular flexibility index (Phi) is 6.88. The van der Waals surface area contributed by atoms with Crippen LogP contribution in [0.4, 0.5) is 5.69 Å². The van der Waals surface area contributed by atoms with Crippen LogP contribution in [0.2, 0.25) is 0 Å². The first kappa shape index (κ1) is 19.3. The Morgan fingerprint density at radius 3 is 2.20 bits per heavy atom. The number of carbonyl (C=O) groups excluding carboxylic acids is 1. The van der Waals surface area contributed by atoms with Crippen molar-refractivity contribution in [1.82, 2.24) is 4.90 Å². The maximum absolute atomic E-state index is 12.9. The zero-order chi connectivity index (χ0) is 18.4. The Morgan fingerprint density at radius 1 is 1.08 bits per heavy atom. The number of amides is 1. The van der Waals surface area contributed by atoms with Crippen molar-refractivity contribution < 1.29 is 9.53 Å². The summed E-state index contributed by atoms with van der Waals surface area (Å²) >= 11 is 1.71. The lowest BCUT2D eigenvalue weighted by Crippen LogP contribution is -2.47. The normalized spacial score (nSPS) is 11.0. The minimum Gasteiger partial charge on any atom is -0.497 e. The van der Waals surface area contributed by atoms with Gasteiger partial charge in [-0.1, -0.05) is 6.07 Å². The van der Waals surface area contributed by atoms with Crippen LogP contribution in [0.1, 0.15) is 32.6 Å². The van der Waals surface area contributed by atoms with Crippen LogP contribution in [-0.2, 0) is 11.3 Å².